The van der Waals surface area contributed by atoms with Crippen molar-refractivity contribution in [3.63, 3.8) is 0 Å². The summed E-state index contributed by atoms with van der Waals surface area (Å²) in [5, 5.41) is 6.68. The van der Waals surface area contributed by atoms with Gasteiger partial charge in [-0.1, -0.05) is 0 Å². The number of rotatable bonds is 5. The van der Waals surface area contributed by atoms with Gasteiger partial charge >= 0.3 is 6.18 Å². The van der Waals surface area contributed by atoms with Gasteiger partial charge in [0, 0.05) is 47.6 Å². The van der Waals surface area contributed by atoms with Crippen LogP contribution >= 0.6 is 11.3 Å². The fourth-order valence-electron chi connectivity index (χ4n) is 5.75. The smallest absolute Gasteiger partial charge is 0.375 e. The highest BCUT2D eigenvalue weighted by molar-refractivity contribution is 7.91. The number of nitrogens with zero attached hydrogens (tertiary/aromatic N) is 3. The van der Waals surface area contributed by atoms with Gasteiger partial charge in [-0.05, 0) is 55.0 Å². The molecule has 39 heavy (non-hydrogen) atoms. The second kappa shape index (κ2) is 9.15. The van der Waals surface area contributed by atoms with Crippen LogP contribution in [0, 0.1) is 0 Å². The van der Waals surface area contributed by atoms with Crippen LogP contribution < -0.4 is 15.5 Å². The lowest BCUT2D eigenvalue weighted by molar-refractivity contribution is -0.137. The van der Waals surface area contributed by atoms with E-state index in [1.807, 2.05) is 12.1 Å². The third-order valence-electron chi connectivity index (χ3n) is 7.85. The number of sulfone groups is 1. The summed E-state index contributed by atoms with van der Waals surface area (Å²) in [6, 6.07) is 8.48. The summed E-state index contributed by atoms with van der Waals surface area (Å²) in [5.41, 5.74) is 1.68. The Hall–Kier alpha value is -2.74. The zero-order chi connectivity index (χ0) is 26.9. The van der Waals surface area contributed by atoms with Crippen LogP contribution in [0.15, 0.2) is 35.4 Å². The third kappa shape index (κ3) is 4.68. The van der Waals surface area contributed by atoms with Crippen molar-refractivity contribution in [3.8, 4) is 10.6 Å². The van der Waals surface area contributed by atoms with Crippen LogP contribution in [0.3, 0.4) is 0 Å². The Kier molecular flexibility index (Phi) is 5.92. The fourth-order valence-corrected chi connectivity index (χ4v) is 8.58. The maximum atomic E-state index is 14.0. The number of hydrogen-bond acceptors (Lipinski definition) is 9. The maximum absolute atomic E-state index is 14.0. The van der Waals surface area contributed by atoms with Crippen molar-refractivity contribution in [2.45, 2.75) is 54.9 Å². The summed E-state index contributed by atoms with van der Waals surface area (Å²) in [6.45, 7) is 2.03. The van der Waals surface area contributed by atoms with Gasteiger partial charge in [0.05, 0.1) is 34.4 Å². The van der Waals surface area contributed by atoms with Gasteiger partial charge in [0.15, 0.2) is 9.84 Å². The third-order valence-corrected chi connectivity index (χ3v) is 10.8. The molecule has 1 saturated carbocycles. The molecular formula is C26H26F3N5O3S2. The first kappa shape index (κ1) is 25.2. The zero-order valence-electron chi connectivity index (χ0n) is 20.8. The molecule has 0 radical (unpaired) electrons. The minimum atomic E-state index is -4.71. The molecule has 3 aliphatic heterocycles. The number of hydrogen-bond donors (Lipinski definition) is 2. The molecule has 1 aromatic carbocycles. The van der Waals surface area contributed by atoms with E-state index in [2.05, 4.69) is 31.6 Å². The normalized spacial score (nSPS) is 24.0. The van der Waals surface area contributed by atoms with E-state index < -0.39 is 21.6 Å². The van der Waals surface area contributed by atoms with Gasteiger partial charge in [0.1, 0.15) is 5.56 Å². The second-order valence-electron chi connectivity index (χ2n) is 10.5. The summed E-state index contributed by atoms with van der Waals surface area (Å²) in [7, 11) is -3.66. The quantitative estimate of drug-likeness (QED) is 0.451. The highest BCUT2D eigenvalue weighted by atomic mass is 32.2. The van der Waals surface area contributed by atoms with E-state index in [4.69, 9.17) is 4.74 Å². The molecule has 3 aromatic rings. The monoisotopic (exact) mass is 577 g/mol. The first-order valence-corrected chi connectivity index (χ1v) is 15.4. The highest BCUT2D eigenvalue weighted by Crippen LogP contribution is 2.46. The van der Waals surface area contributed by atoms with Crippen LogP contribution in [0.5, 0.6) is 0 Å². The largest absolute Gasteiger partial charge is 0.420 e. The fraction of sp³-hybridized carbons (Fsp3) is 0.462. The van der Waals surface area contributed by atoms with Crippen molar-refractivity contribution in [1.82, 2.24) is 15.3 Å². The van der Waals surface area contributed by atoms with Crippen molar-refractivity contribution >= 4 is 38.5 Å². The number of anilines is 3. The molecular weight excluding hydrogens is 551 g/mol. The van der Waals surface area contributed by atoms with Gasteiger partial charge < -0.3 is 20.3 Å². The molecule has 4 aliphatic rings. The number of halogens is 3. The lowest BCUT2D eigenvalue weighted by Gasteiger charge is -2.30. The molecule has 8 nitrogen and oxygen atoms in total. The zero-order valence-corrected chi connectivity index (χ0v) is 22.4. The second-order valence-corrected chi connectivity index (χ2v) is 13.8. The standard InChI is InChI=1S/C26H26F3N5O3S2/c27-26(28,29)19-11-31-25(33-24(19)21-9-23-22(38-21)13-37-5-6-39(23,35)36)32-20-4-3-16(8-18(20)14-1-2-14)34-12-15-7-17(34)10-30-15/h3-4,8-9,11,14-15,17,30H,1-2,5-7,10,12-13H2,(H,31,32,33)/t15-,17-/m1/s1. The molecule has 1 aliphatic carbocycles. The van der Waals surface area contributed by atoms with E-state index in [1.165, 1.54) is 6.07 Å². The summed E-state index contributed by atoms with van der Waals surface area (Å²) in [5.74, 6) is 0.200. The Balaban J connectivity index is 1.25. The first-order chi connectivity index (χ1) is 18.7. The number of ether oxygens (including phenoxy) is 1. The number of thiophene rings is 1. The number of nitrogens with one attached hydrogen (secondary N) is 2. The molecule has 2 N–H and O–H groups in total. The van der Waals surface area contributed by atoms with Crippen molar-refractivity contribution in [2.75, 3.05) is 35.7 Å². The Morgan fingerprint density at radius 2 is 2.05 bits per heavy atom. The summed E-state index contributed by atoms with van der Waals surface area (Å²) in [4.78, 5) is 11.2. The molecule has 5 heterocycles. The molecule has 2 aromatic heterocycles. The molecule has 13 heteroatoms. The van der Waals surface area contributed by atoms with Gasteiger partial charge in [-0.2, -0.15) is 13.2 Å². The topological polar surface area (TPSA) is 96.5 Å². The Labute approximate surface area is 227 Å². The Morgan fingerprint density at radius 3 is 2.77 bits per heavy atom. The molecule has 2 bridgehead atoms. The maximum Gasteiger partial charge on any atom is 0.420 e. The number of benzene rings is 1. The number of alkyl halides is 3. The van der Waals surface area contributed by atoms with Crippen LogP contribution in [-0.4, -0.2) is 55.9 Å². The van der Waals surface area contributed by atoms with Crippen LogP contribution in [0.4, 0.5) is 30.5 Å². The lowest BCUT2D eigenvalue weighted by atomic mass is 10.1. The number of fused-ring (bicyclic) bond motifs is 3. The number of piperazine rings is 1. The van der Waals surface area contributed by atoms with Crippen LogP contribution in [-0.2, 0) is 27.4 Å². The number of aromatic nitrogens is 2. The predicted molar refractivity (Wildman–Crippen MR) is 141 cm³/mol. The molecule has 3 fully saturated rings. The predicted octanol–water partition coefficient (Wildman–Crippen LogP) is 4.70. The van der Waals surface area contributed by atoms with Crippen molar-refractivity contribution in [3.05, 3.63) is 46.5 Å². The summed E-state index contributed by atoms with van der Waals surface area (Å²) < 4.78 is 72.6. The lowest BCUT2D eigenvalue weighted by Crippen LogP contribution is -2.43. The minimum Gasteiger partial charge on any atom is -0.375 e. The SMILES string of the molecule is O=S1(=O)CCOCc2sc(-c3nc(Nc4ccc(N5C[C@H]6C[C@@H]5CN6)cc4C4CC4)ncc3C(F)(F)F)cc21. The van der Waals surface area contributed by atoms with Crippen LogP contribution in [0.25, 0.3) is 10.6 Å². The van der Waals surface area contributed by atoms with E-state index >= 15 is 0 Å². The van der Waals surface area contributed by atoms with Gasteiger partial charge in [-0.15, -0.1) is 11.3 Å². The highest BCUT2D eigenvalue weighted by Gasteiger charge is 2.39. The van der Waals surface area contributed by atoms with Gasteiger partial charge in [-0.25, -0.2) is 18.4 Å². The van der Waals surface area contributed by atoms with Crippen molar-refractivity contribution in [1.29, 1.82) is 0 Å². The van der Waals surface area contributed by atoms with Gasteiger partial charge in [-0.3, -0.25) is 0 Å². The van der Waals surface area contributed by atoms with Crippen molar-refractivity contribution < 1.29 is 26.3 Å². The van der Waals surface area contributed by atoms with Crippen LogP contribution in [0.2, 0.25) is 0 Å². The van der Waals surface area contributed by atoms with E-state index in [1.54, 1.807) is 0 Å². The van der Waals surface area contributed by atoms with E-state index in [0.29, 0.717) is 22.9 Å². The Bertz CT molecular complexity index is 1550. The molecule has 2 saturated heterocycles. The molecule has 2 atom stereocenters. The molecule has 0 amide bonds. The van der Waals surface area contributed by atoms with E-state index in [0.717, 1.165) is 66.8 Å². The summed E-state index contributed by atoms with van der Waals surface area (Å²) >= 11 is 0.956. The minimum absolute atomic E-state index is 0.0127. The van der Waals surface area contributed by atoms with E-state index in [-0.39, 0.29) is 40.4 Å². The molecule has 0 spiro atoms. The van der Waals surface area contributed by atoms with Crippen LogP contribution in [0.1, 0.15) is 41.2 Å². The van der Waals surface area contributed by atoms with E-state index in [9.17, 15) is 21.6 Å². The molecule has 0 unspecified atom stereocenters. The van der Waals surface area contributed by atoms with Gasteiger partial charge in [0.2, 0.25) is 5.95 Å². The average Bonchev–Trinajstić information content (AvgIpc) is 3.34. The Morgan fingerprint density at radius 1 is 1.21 bits per heavy atom. The molecule has 206 valence electrons. The summed E-state index contributed by atoms with van der Waals surface area (Å²) in [6.07, 6.45) is -0.694. The van der Waals surface area contributed by atoms with Crippen molar-refractivity contribution in [2.24, 2.45) is 0 Å². The molecule has 7 rings (SSSR count). The van der Waals surface area contributed by atoms with Gasteiger partial charge in [0.25, 0.3) is 0 Å². The average molecular weight is 578 g/mol. The first-order valence-electron chi connectivity index (χ1n) is 12.9.